The van der Waals surface area contributed by atoms with Crippen molar-refractivity contribution < 1.29 is 29.2 Å². The van der Waals surface area contributed by atoms with Gasteiger partial charge < -0.3 is 34.3 Å². The molecule has 1 aromatic heterocycles. The number of aromatic nitrogens is 1. The molecule has 0 saturated heterocycles. The van der Waals surface area contributed by atoms with E-state index in [1.165, 1.54) is 21.3 Å². The molecule has 1 aliphatic rings. The van der Waals surface area contributed by atoms with Crippen LogP contribution in [0.3, 0.4) is 0 Å². The van der Waals surface area contributed by atoms with Gasteiger partial charge in [0.25, 0.3) is 5.91 Å². The van der Waals surface area contributed by atoms with Crippen molar-refractivity contribution >= 4 is 33.3 Å². The lowest BCUT2D eigenvalue weighted by molar-refractivity contribution is 0.0983. The number of anilines is 1. The summed E-state index contributed by atoms with van der Waals surface area (Å²) in [5.41, 5.74) is 2.40. The molecule has 170 valence electrons. The summed E-state index contributed by atoms with van der Waals surface area (Å²) >= 11 is 0. The summed E-state index contributed by atoms with van der Waals surface area (Å²) < 4.78 is 16.4. The highest BCUT2D eigenvalue weighted by atomic mass is 16.5. The van der Waals surface area contributed by atoms with Gasteiger partial charge in [-0.3, -0.25) is 4.79 Å². The molecule has 3 aromatic carbocycles. The lowest BCUT2D eigenvalue weighted by Crippen LogP contribution is -2.30. The number of rotatable bonds is 5. The number of carbonyl (C=O) groups is 1. The van der Waals surface area contributed by atoms with Gasteiger partial charge in [-0.2, -0.15) is 0 Å². The number of nitrogens with one attached hydrogen (secondary N) is 1. The Bertz CT molecular complexity index is 1390. The summed E-state index contributed by atoms with van der Waals surface area (Å²) in [5, 5.41) is 22.9. The normalized spacial score (nSPS) is 15.2. The Morgan fingerprint density at radius 3 is 2.45 bits per heavy atom. The highest BCUT2D eigenvalue weighted by Gasteiger charge is 2.35. The zero-order valence-corrected chi connectivity index (χ0v) is 18.5. The Morgan fingerprint density at radius 2 is 1.79 bits per heavy atom. The molecule has 8 nitrogen and oxygen atoms in total. The van der Waals surface area contributed by atoms with E-state index >= 15 is 0 Å². The van der Waals surface area contributed by atoms with Crippen molar-refractivity contribution in [1.82, 2.24) is 4.98 Å². The first-order valence-corrected chi connectivity index (χ1v) is 10.5. The molecule has 4 aromatic rings. The number of methoxy groups -OCH3 is 3. The molecule has 2 heterocycles. The Balaban J connectivity index is 1.64. The average Bonchev–Trinajstić information content (AvgIpc) is 3.43. The molecule has 1 amide bonds. The largest absolute Gasteiger partial charge is 0.507 e. The molecular weight excluding hydrogens is 424 g/mol. The molecule has 0 saturated carbocycles. The van der Waals surface area contributed by atoms with E-state index in [1.807, 2.05) is 24.3 Å². The number of benzene rings is 3. The van der Waals surface area contributed by atoms with Crippen molar-refractivity contribution in [1.29, 1.82) is 0 Å². The first kappa shape index (κ1) is 21.0. The smallest absolute Gasteiger partial charge is 0.274 e. The van der Waals surface area contributed by atoms with E-state index in [4.69, 9.17) is 14.2 Å². The quantitative estimate of drug-likeness (QED) is 0.429. The number of phenols is 1. The number of hydrogen-bond donors (Lipinski definition) is 3. The van der Waals surface area contributed by atoms with Gasteiger partial charge in [-0.05, 0) is 23.1 Å². The highest BCUT2D eigenvalue weighted by Crippen LogP contribution is 2.46. The summed E-state index contributed by atoms with van der Waals surface area (Å²) in [5.74, 6) is 0.907. The maximum Gasteiger partial charge on any atom is 0.274 e. The third-order valence-electron chi connectivity index (χ3n) is 6.26. The number of aromatic amines is 1. The summed E-state index contributed by atoms with van der Waals surface area (Å²) in [7, 11) is 4.58. The van der Waals surface area contributed by atoms with Crippen molar-refractivity contribution in [2.75, 3.05) is 39.4 Å². The van der Waals surface area contributed by atoms with Crippen LogP contribution in [0.2, 0.25) is 0 Å². The zero-order valence-electron chi connectivity index (χ0n) is 18.5. The van der Waals surface area contributed by atoms with E-state index in [0.717, 1.165) is 16.3 Å². The minimum atomic E-state index is -0.280. The number of ether oxygens (including phenoxy) is 3. The molecule has 5 rings (SSSR count). The Labute approximate surface area is 189 Å². The second kappa shape index (κ2) is 7.90. The molecule has 0 fully saturated rings. The van der Waals surface area contributed by atoms with Crippen LogP contribution >= 0.6 is 0 Å². The van der Waals surface area contributed by atoms with Gasteiger partial charge in [0.1, 0.15) is 11.4 Å². The molecule has 33 heavy (non-hydrogen) atoms. The SMILES string of the molecule is COc1cc2cc(C(=O)N3CC(CO)c4c3cc(O)c3ccccc43)[nH]c2c(OC)c1OC. The third kappa shape index (κ3) is 3.06. The van der Waals surface area contributed by atoms with E-state index in [-0.39, 0.29) is 24.2 Å². The summed E-state index contributed by atoms with van der Waals surface area (Å²) in [4.78, 5) is 18.4. The number of H-pyrrole nitrogens is 1. The average molecular weight is 448 g/mol. The monoisotopic (exact) mass is 448 g/mol. The van der Waals surface area contributed by atoms with Gasteiger partial charge in [-0.25, -0.2) is 0 Å². The van der Waals surface area contributed by atoms with Gasteiger partial charge in [0.15, 0.2) is 11.5 Å². The second-order valence-electron chi connectivity index (χ2n) is 7.96. The highest BCUT2D eigenvalue weighted by molar-refractivity contribution is 6.11. The van der Waals surface area contributed by atoms with Crippen LogP contribution in [0.25, 0.3) is 21.7 Å². The van der Waals surface area contributed by atoms with Gasteiger partial charge >= 0.3 is 0 Å². The van der Waals surface area contributed by atoms with Crippen LogP contribution in [0, 0.1) is 0 Å². The first-order chi connectivity index (χ1) is 16.0. The predicted molar refractivity (Wildman–Crippen MR) is 125 cm³/mol. The van der Waals surface area contributed by atoms with Gasteiger partial charge in [-0.1, -0.05) is 24.3 Å². The summed E-state index contributed by atoms with van der Waals surface area (Å²) in [6.45, 7) is 0.192. The molecule has 1 atom stereocenters. The summed E-state index contributed by atoms with van der Waals surface area (Å²) in [6.07, 6.45) is 0. The van der Waals surface area contributed by atoms with Crippen LogP contribution in [0.1, 0.15) is 22.0 Å². The molecule has 3 N–H and O–H groups in total. The summed E-state index contributed by atoms with van der Waals surface area (Å²) in [6, 6.07) is 12.6. The Kier molecular flexibility index (Phi) is 5.02. The van der Waals surface area contributed by atoms with Gasteiger partial charge in [-0.15, -0.1) is 0 Å². The van der Waals surface area contributed by atoms with Crippen molar-refractivity contribution in [2.45, 2.75) is 5.92 Å². The number of amides is 1. The number of carbonyl (C=O) groups excluding carboxylic acids is 1. The standard InChI is InChI=1S/C25H24N2O6/c1-31-20-9-13-8-17(26-22(13)24(33-3)23(20)32-2)25(30)27-11-14(12-28)21-16-7-5-4-6-15(16)19(29)10-18(21)27/h4-10,14,26,28-29H,11-12H2,1-3H3. The Morgan fingerprint density at radius 1 is 1.06 bits per heavy atom. The van der Waals surface area contributed by atoms with E-state index in [2.05, 4.69) is 4.98 Å². The zero-order chi connectivity index (χ0) is 23.3. The van der Waals surface area contributed by atoms with Gasteiger partial charge in [0, 0.05) is 29.3 Å². The van der Waals surface area contributed by atoms with E-state index in [0.29, 0.717) is 46.1 Å². The maximum atomic E-state index is 13.6. The topological polar surface area (TPSA) is 104 Å². The minimum absolute atomic E-state index is 0.0912. The van der Waals surface area contributed by atoms with Crippen molar-refractivity contribution in [3.05, 3.63) is 53.7 Å². The second-order valence-corrected chi connectivity index (χ2v) is 7.96. The van der Waals surface area contributed by atoms with Crippen molar-refractivity contribution in [3.63, 3.8) is 0 Å². The van der Waals surface area contributed by atoms with Crippen molar-refractivity contribution in [2.24, 2.45) is 0 Å². The van der Waals surface area contributed by atoms with Crippen molar-refractivity contribution in [3.8, 4) is 23.0 Å². The lowest BCUT2D eigenvalue weighted by Gasteiger charge is -2.17. The molecule has 0 bridgehead atoms. The third-order valence-corrected chi connectivity index (χ3v) is 6.26. The molecule has 1 aliphatic heterocycles. The fourth-order valence-corrected chi connectivity index (χ4v) is 4.77. The number of aliphatic hydroxyl groups excluding tert-OH is 1. The first-order valence-electron chi connectivity index (χ1n) is 10.5. The predicted octanol–water partition coefficient (Wildman–Crippen LogP) is 3.79. The number of nitrogens with zero attached hydrogens (tertiary/aromatic N) is 1. The van der Waals surface area contributed by atoms with Crippen LogP contribution in [0.4, 0.5) is 5.69 Å². The molecular formula is C25H24N2O6. The van der Waals surface area contributed by atoms with E-state index < -0.39 is 0 Å². The maximum absolute atomic E-state index is 13.6. The van der Waals surface area contributed by atoms with Crippen LogP contribution in [-0.2, 0) is 0 Å². The molecule has 0 spiro atoms. The van der Waals surface area contributed by atoms with Crippen LogP contribution in [0.15, 0.2) is 42.5 Å². The lowest BCUT2D eigenvalue weighted by atomic mass is 9.95. The number of phenolic OH excluding ortho intramolecular Hbond substituents is 1. The number of fused-ring (bicyclic) bond motifs is 4. The molecule has 1 unspecified atom stereocenters. The number of aliphatic hydroxyl groups is 1. The fraction of sp³-hybridized carbons (Fsp3) is 0.240. The van der Waals surface area contributed by atoms with Crippen LogP contribution in [0.5, 0.6) is 23.0 Å². The fourth-order valence-electron chi connectivity index (χ4n) is 4.77. The minimum Gasteiger partial charge on any atom is -0.507 e. The van der Waals surface area contributed by atoms with Gasteiger partial charge in [0.05, 0.1) is 39.1 Å². The molecule has 0 aliphatic carbocycles. The van der Waals surface area contributed by atoms with Crippen LogP contribution < -0.4 is 19.1 Å². The number of hydrogen-bond acceptors (Lipinski definition) is 6. The van der Waals surface area contributed by atoms with Crippen LogP contribution in [-0.4, -0.2) is 55.6 Å². The number of aromatic hydroxyl groups is 1. The molecule has 0 radical (unpaired) electrons. The Hall–Kier alpha value is -3.91. The van der Waals surface area contributed by atoms with E-state index in [1.54, 1.807) is 23.1 Å². The van der Waals surface area contributed by atoms with E-state index in [9.17, 15) is 15.0 Å². The van der Waals surface area contributed by atoms with Gasteiger partial charge in [0.2, 0.25) is 5.75 Å². The molecule has 8 heteroatoms.